The Kier molecular flexibility index (Phi) is 10.1. The van der Waals surface area contributed by atoms with Gasteiger partial charge in [0.1, 0.15) is 0 Å². The molecule has 0 aliphatic carbocycles. The zero-order valence-electron chi connectivity index (χ0n) is 23.7. The molecule has 0 saturated carbocycles. The first-order chi connectivity index (χ1) is 20.9. The first-order valence-electron chi connectivity index (χ1n) is 14.1. The molecule has 1 heterocycles. The lowest BCUT2D eigenvalue weighted by Gasteiger charge is -2.41. The fraction of sp³-hybridized carbons (Fsp3) is 0.235. The lowest BCUT2D eigenvalue weighted by atomic mass is 9.91. The molecule has 5 rings (SSSR count). The SMILES string of the molecule is C[C@H]1[C@@H](CSc2ccccc2C(=O)O)O[C@@H](c2ccc(NC(=O)NCc3ccccc3)cc2)O[C@H]1c1ccc(CO)cc1. The van der Waals surface area contributed by atoms with E-state index in [0.717, 1.165) is 22.3 Å². The van der Waals surface area contributed by atoms with E-state index in [0.29, 0.717) is 22.9 Å². The molecule has 8 nitrogen and oxygen atoms in total. The maximum atomic E-state index is 12.4. The van der Waals surface area contributed by atoms with Gasteiger partial charge in [-0.1, -0.05) is 85.8 Å². The van der Waals surface area contributed by atoms with Crippen LogP contribution in [0.2, 0.25) is 0 Å². The van der Waals surface area contributed by atoms with Crippen LogP contribution in [0.4, 0.5) is 10.5 Å². The summed E-state index contributed by atoms with van der Waals surface area (Å²) in [6, 6.07) is 31.4. The lowest BCUT2D eigenvalue weighted by molar-refractivity contribution is -0.268. The number of aliphatic hydroxyl groups excluding tert-OH is 1. The minimum atomic E-state index is -0.966. The van der Waals surface area contributed by atoms with Crippen molar-refractivity contribution in [2.45, 2.75) is 43.5 Å². The van der Waals surface area contributed by atoms with E-state index < -0.39 is 12.3 Å². The molecule has 9 heteroatoms. The minimum absolute atomic E-state index is 0.0417. The van der Waals surface area contributed by atoms with Gasteiger partial charge in [0.15, 0.2) is 6.29 Å². The number of hydrogen-bond donors (Lipinski definition) is 4. The largest absolute Gasteiger partial charge is 0.478 e. The highest BCUT2D eigenvalue weighted by Crippen LogP contribution is 2.43. The van der Waals surface area contributed by atoms with Gasteiger partial charge in [-0.25, -0.2) is 9.59 Å². The van der Waals surface area contributed by atoms with Crippen LogP contribution in [0.5, 0.6) is 0 Å². The van der Waals surface area contributed by atoms with Gasteiger partial charge in [-0.15, -0.1) is 11.8 Å². The predicted octanol–water partition coefficient (Wildman–Crippen LogP) is 6.78. The maximum Gasteiger partial charge on any atom is 0.336 e. The molecule has 2 amide bonds. The molecule has 0 radical (unpaired) electrons. The normalized spacial score (nSPS) is 19.9. The number of carboxylic acids is 1. The van der Waals surface area contributed by atoms with Gasteiger partial charge < -0.3 is 30.3 Å². The Morgan fingerprint density at radius 1 is 0.814 bits per heavy atom. The van der Waals surface area contributed by atoms with Crippen molar-refractivity contribution >= 4 is 29.4 Å². The smallest absolute Gasteiger partial charge is 0.336 e. The molecule has 0 aromatic heterocycles. The average molecular weight is 599 g/mol. The number of thioether (sulfide) groups is 1. The van der Waals surface area contributed by atoms with Gasteiger partial charge in [0.25, 0.3) is 0 Å². The summed E-state index contributed by atoms with van der Waals surface area (Å²) in [4.78, 5) is 24.9. The number of hydrogen-bond acceptors (Lipinski definition) is 6. The molecule has 1 fully saturated rings. The number of aromatic carboxylic acids is 1. The summed E-state index contributed by atoms with van der Waals surface area (Å²) in [5, 5.41) is 24.8. The fourth-order valence-corrected chi connectivity index (χ4v) is 6.14. The number of carbonyl (C=O) groups is 2. The molecule has 0 unspecified atom stereocenters. The number of ether oxygens (including phenoxy) is 2. The van der Waals surface area contributed by atoms with Crippen molar-refractivity contribution in [1.29, 1.82) is 0 Å². The number of benzene rings is 4. The van der Waals surface area contributed by atoms with E-state index in [1.54, 1.807) is 24.3 Å². The van der Waals surface area contributed by atoms with Crippen molar-refractivity contribution in [1.82, 2.24) is 5.32 Å². The Hall–Kier alpha value is -4.15. The van der Waals surface area contributed by atoms with E-state index in [1.807, 2.05) is 78.9 Å². The summed E-state index contributed by atoms with van der Waals surface area (Å²) >= 11 is 1.45. The summed E-state index contributed by atoms with van der Waals surface area (Å²) in [6.45, 7) is 2.44. The maximum absolute atomic E-state index is 12.4. The second kappa shape index (κ2) is 14.3. The lowest BCUT2D eigenvalue weighted by Crippen LogP contribution is -2.38. The summed E-state index contributed by atoms with van der Waals surface area (Å²) in [5.41, 5.74) is 4.47. The number of rotatable bonds is 10. The molecule has 1 aliphatic heterocycles. The third-order valence-corrected chi connectivity index (χ3v) is 8.54. The zero-order chi connectivity index (χ0) is 30.2. The van der Waals surface area contributed by atoms with Gasteiger partial charge in [-0.05, 0) is 41.0 Å². The van der Waals surface area contributed by atoms with E-state index in [1.165, 1.54) is 11.8 Å². The number of aliphatic hydroxyl groups is 1. The van der Waals surface area contributed by atoms with Gasteiger partial charge in [-0.2, -0.15) is 0 Å². The molecule has 0 spiro atoms. The van der Waals surface area contributed by atoms with Crippen LogP contribution >= 0.6 is 11.8 Å². The topological polar surface area (TPSA) is 117 Å². The van der Waals surface area contributed by atoms with Crippen molar-refractivity contribution in [3.8, 4) is 0 Å². The standard InChI is InChI=1S/C34H34N2O6S/c1-22-29(21-43-30-10-6-5-9-28(30)32(38)39)41-33(42-31(22)25-13-11-24(20-37)12-14-25)26-15-17-27(18-16-26)36-34(40)35-19-23-7-3-2-4-8-23/h2-18,22,29,31,33,37H,19-21H2,1H3,(H,38,39)(H2,35,36,40)/t22-,29+,31+,33+/m0/s1. The van der Waals surface area contributed by atoms with Gasteiger partial charge in [0.05, 0.1) is 24.4 Å². The highest BCUT2D eigenvalue weighted by molar-refractivity contribution is 7.99. The van der Waals surface area contributed by atoms with Gasteiger partial charge >= 0.3 is 12.0 Å². The molecule has 1 saturated heterocycles. The van der Waals surface area contributed by atoms with Gasteiger partial charge in [-0.3, -0.25) is 0 Å². The molecule has 222 valence electrons. The second-order valence-electron chi connectivity index (χ2n) is 10.3. The number of carbonyl (C=O) groups excluding carboxylic acids is 1. The number of urea groups is 1. The van der Waals surface area contributed by atoms with Crippen LogP contribution in [0.15, 0.2) is 108 Å². The Morgan fingerprint density at radius 3 is 2.19 bits per heavy atom. The number of nitrogens with one attached hydrogen (secondary N) is 2. The van der Waals surface area contributed by atoms with Crippen LogP contribution in [0, 0.1) is 5.92 Å². The van der Waals surface area contributed by atoms with Crippen LogP contribution in [0.25, 0.3) is 0 Å². The number of amides is 2. The molecule has 4 N–H and O–H groups in total. The molecule has 4 aromatic carbocycles. The first-order valence-corrected chi connectivity index (χ1v) is 15.0. The van der Waals surface area contributed by atoms with Crippen LogP contribution in [-0.4, -0.2) is 34.1 Å². The molecular formula is C34H34N2O6S. The first kappa shape index (κ1) is 30.3. The van der Waals surface area contributed by atoms with Crippen molar-refractivity contribution in [2.75, 3.05) is 11.1 Å². The van der Waals surface area contributed by atoms with E-state index in [4.69, 9.17) is 9.47 Å². The molecule has 0 bridgehead atoms. The summed E-state index contributed by atoms with van der Waals surface area (Å²) in [7, 11) is 0. The van der Waals surface area contributed by atoms with E-state index in [9.17, 15) is 19.8 Å². The van der Waals surface area contributed by atoms with Crippen molar-refractivity contribution in [3.05, 3.63) is 131 Å². The van der Waals surface area contributed by atoms with Gasteiger partial charge in [0, 0.05) is 34.4 Å². The quantitative estimate of drug-likeness (QED) is 0.149. The monoisotopic (exact) mass is 598 g/mol. The van der Waals surface area contributed by atoms with E-state index in [-0.39, 0.29) is 36.3 Å². The van der Waals surface area contributed by atoms with Crippen molar-refractivity contribution in [3.63, 3.8) is 0 Å². The third-order valence-electron chi connectivity index (χ3n) is 7.38. The molecule has 43 heavy (non-hydrogen) atoms. The van der Waals surface area contributed by atoms with Crippen LogP contribution in [0.3, 0.4) is 0 Å². The molecular weight excluding hydrogens is 564 g/mol. The Labute approximate surface area is 255 Å². The Balaban J connectivity index is 1.30. The number of anilines is 1. The fourth-order valence-electron chi connectivity index (χ4n) is 4.93. The Bertz CT molecular complexity index is 1510. The Morgan fingerprint density at radius 2 is 1.49 bits per heavy atom. The highest BCUT2D eigenvalue weighted by atomic mass is 32.2. The number of carboxylic acid groups (broad SMARTS) is 1. The van der Waals surface area contributed by atoms with Gasteiger partial charge in [0.2, 0.25) is 0 Å². The van der Waals surface area contributed by atoms with E-state index in [2.05, 4.69) is 17.6 Å². The van der Waals surface area contributed by atoms with E-state index >= 15 is 0 Å². The predicted molar refractivity (Wildman–Crippen MR) is 166 cm³/mol. The third kappa shape index (κ3) is 7.82. The average Bonchev–Trinajstić information content (AvgIpc) is 3.04. The van der Waals surface area contributed by atoms with Crippen LogP contribution in [-0.2, 0) is 22.6 Å². The van der Waals surface area contributed by atoms with Crippen molar-refractivity contribution < 1.29 is 29.3 Å². The molecule has 1 aliphatic rings. The summed E-state index contributed by atoms with van der Waals surface area (Å²) < 4.78 is 13.0. The van der Waals surface area contributed by atoms with Crippen LogP contribution < -0.4 is 10.6 Å². The van der Waals surface area contributed by atoms with Crippen LogP contribution in [0.1, 0.15) is 51.9 Å². The summed E-state index contributed by atoms with van der Waals surface area (Å²) in [5.74, 6) is -0.487. The highest BCUT2D eigenvalue weighted by Gasteiger charge is 2.38. The minimum Gasteiger partial charge on any atom is -0.478 e. The molecule has 4 atom stereocenters. The van der Waals surface area contributed by atoms with Crippen molar-refractivity contribution in [2.24, 2.45) is 5.92 Å². The zero-order valence-corrected chi connectivity index (χ0v) is 24.5. The summed E-state index contributed by atoms with van der Waals surface area (Å²) in [6.07, 6.45) is -1.23. The second-order valence-corrected chi connectivity index (χ2v) is 11.4. The molecule has 4 aromatic rings.